The smallest absolute Gasteiger partial charge is 0.231 e. The molecule has 0 radical (unpaired) electrons. The van der Waals surface area contributed by atoms with Gasteiger partial charge in [-0.25, -0.2) is 0 Å². The monoisotopic (exact) mass is 328 g/mol. The van der Waals surface area contributed by atoms with E-state index < -0.39 is 0 Å². The summed E-state index contributed by atoms with van der Waals surface area (Å²) >= 11 is 0. The standard InChI is InChI=1S/C19H24N2O3/c1-15(9-16-4-5-18-19(10-16)24-14-23-18)12-21(7-8-22)13-17-3-2-6-20-11-17/h2-6,10-11,15,22H,7-9,12-14H2,1H3/t15-/m1/s1. The van der Waals surface area contributed by atoms with Crippen LogP contribution in [0.3, 0.4) is 0 Å². The van der Waals surface area contributed by atoms with Crippen molar-refractivity contribution in [3.63, 3.8) is 0 Å². The van der Waals surface area contributed by atoms with E-state index in [-0.39, 0.29) is 6.61 Å². The first-order valence-corrected chi connectivity index (χ1v) is 8.35. The number of fused-ring (bicyclic) bond motifs is 1. The summed E-state index contributed by atoms with van der Waals surface area (Å²) in [4.78, 5) is 6.44. The van der Waals surface area contributed by atoms with Crippen molar-refractivity contribution in [1.29, 1.82) is 0 Å². The van der Waals surface area contributed by atoms with Crippen molar-refractivity contribution in [2.24, 2.45) is 5.92 Å². The summed E-state index contributed by atoms with van der Waals surface area (Å²) in [6.07, 6.45) is 4.63. The molecule has 0 aliphatic carbocycles. The minimum absolute atomic E-state index is 0.164. The Morgan fingerprint density at radius 3 is 2.88 bits per heavy atom. The number of aromatic nitrogens is 1. The van der Waals surface area contributed by atoms with Gasteiger partial charge < -0.3 is 14.6 Å². The lowest BCUT2D eigenvalue weighted by molar-refractivity contribution is 0.172. The summed E-state index contributed by atoms with van der Waals surface area (Å²) in [5.41, 5.74) is 2.42. The normalized spacial score (nSPS) is 14.1. The Kier molecular flexibility index (Phi) is 5.67. The predicted molar refractivity (Wildman–Crippen MR) is 92.0 cm³/mol. The zero-order valence-electron chi connectivity index (χ0n) is 14.0. The number of benzene rings is 1. The Labute approximate surface area is 142 Å². The molecule has 5 heteroatoms. The molecule has 1 aromatic heterocycles. The minimum atomic E-state index is 0.164. The first-order chi connectivity index (χ1) is 11.7. The molecule has 0 spiro atoms. The molecule has 128 valence electrons. The van der Waals surface area contributed by atoms with Crippen LogP contribution in [0.15, 0.2) is 42.7 Å². The van der Waals surface area contributed by atoms with E-state index in [4.69, 9.17) is 9.47 Å². The second kappa shape index (κ2) is 8.13. The molecule has 3 rings (SSSR count). The van der Waals surface area contributed by atoms with Crippen molar-refractivity contribution in [1.82, 2.24) is 9.88 Å². The molecule has 1 N–H and O–H groups in total. The summed E-state index contributed by atoms with van der Waals surface area (Å²) in [6, 6.07) is 10.2. The third-order valence-corrected chi connectivity index (χ3v) is 4.14. The molecule has 0 fully saturated rings. The van der Waals surface area contributed by atoms with Crippen molar-refractivity contribution < 1.29 is 14.6 Å². The third kappa shape index (κ3) is 4.46. The highest BCUT2D eigenvalue weighted by Gasteiger charge is 2.16. The fraction of sp³-hybridized carbons (Fsp3) is 0.421. The zero-order valence-corrected chi connectivity index (χ0v) is 14.0. The topological polar surface area (TPSA) is 54.8 Å². The van der Waals surface area contributed by atoms with E-state index in [1.807, 2.05) is 18.3 Å². The van der Waals surface area contributed by atoms with Crippen molar-refractivity contribution in [3.05, 3.63) is 53.9 Å². The van der Waals surface area contributed by atoms with Crippen molar-refractivity contribution in [2.45, 2.75) is 19.9 Å². The highest BCUT2D eigenvalue weighted by molar-refractivity contribution is 5.44. The number of nitrogens with zero attached hydrogens (tertiary/aromatic N) is 2. The molecule has 0 bridgehead atoms. The van der Waals surface area contributed by atoms with Crippen molar-refractivity contribution in [2.75, 3.05) is 26.5 Å². The molecule has 1 aromatic carbocycles. The molecule has 0 saturated carbocycles. The van der Waals surface area contributed by atoms with E-state index in [9.17, 15) is 5.11 Å². The van der Waals surface area contributed by atoms with Crippen LogP contribution in [0.1, 0.15) is 18.1 Å². The van der Waals surface area contributed by atoms with Crippen LogP contribution < -0.4 is 9.47 Å². The van der Waals surface area contributed by atoms with Gasteiger partial charge in [-0.1, -0.05) is 19.1 Å². The van der Waals surface area contributed by atoms with Gasteiger partial charge in [-0.2, -0.15) is 0 Å². The number of aliphatic hydroxyl groups is 1. The van der Waals surface area contributed by atoms with Gasteiger partial charge >= 0.3 is 0 Å². The van der Waals surface area contributed by atoms with E-state index in [0.29, 0.717) is 19.3 Å². The first kappa shape index (κ1) is 16.7. The molecular formula is C19H24N2O3. The fourth-order valence-corrected chi connectivity index (χ4v) is 3.10. The molecule has 5 nitrogen and oxygen atoms in total. The summed E-state index contributed by atoms with van der Waals surface area (Å²) in [5, 5.41) is 9.34. The highest BCUT2D eigenvalue weighted by atomic mass is 16.7. The number of ether oxygens (including phenoxy) is 2. The Hall–Kier alpha value is -2.11. The Balaban J connectivity index is 1.57. The molecule has 2 heterocycles. The van der Waals surface area contributed by atoms with Crippen molar-refractivity contribution in [3.8, 4) is 11.5 Å². The minimum Gasteiger partial charge on any atom is -0.454 e. The highest BCUT2D eigenvalue weighted by Crippen LogP contribution is 2.33. The average Bonchev–Trinajstić information content (AvgIpc) is 3.03. The predicted octanol–water partition coefficient (Wildman–Crippen LogP) is 2.48. The summed E-state index contributed by atoms with van der Waals surface area (Å²) in [5.74, 6) is 2.13. The maximum Gasteiger partial charge on any atom is 0.231 e. The zero-order chi connectivity index (χ0) is 16.8. The van der Waals surface area contributed by atoms with Gasteiger partial charge in [0.25, 0.3) is 0 Å². The number of hydrogen-bond acceptors (Lipinski definition) is 5. The number of rotatable bonds is 8. The van der Waals surface area contributed by atoms with E-state index in [1.165, 1.54) is 11.1 Å². The number of pyridine rings is 1. The molecule has 0 amide bonds. The second-order valence-corrected chi connectivity index (χ2v) is 6.32. The maximum absolute atomic E-state index is 9.34. The molecule has 0 unspecified atom stereocenters. The lowest BCUT2D eigenvalue weighted by Gasteiger charge is -2.25. The Morgan fingerprint density at radius 2 is 2.08 bits per heavy atom. The summed E-state index contributed by atoms with van der Waals surface area (Å²) < 4.78 is 10.8. The molecule has 1 aliphatic rings. The molecule has 0 saturated heterocycles. The second-order valence-electron chi connectivity index (χ2n) is 6.32. The molecule has 2 aromatic rings. The maximum atomic E-state index is 9.34. The van der Waals surface area contributed by atoms with E-state index in [0.717, 1.165) is 31.0 Å². The van der Waals surface area contributed by atoms with Crippen molar-refractivity contribution >= 4 is 0 Å². The Bertz CT molecular complexity index is 648. The van der Waals surface area contributed by atoms with Gasteiger partial charge in [0.05, 0.1) is 6.61 Å². The quantitative estimate of drug-likeness (QED) is 0.807. The SMILES string of the molecule is C[C@H](Cc1ccc2c(c1)OCO2)CN(CCO)Cc1cccnc1. The fourth-order valence-electron chi connectivity index (χ4n) is 3.10. The van der Waals surface area contributed by atoms with Crippen LogP contribution in [0.4, 0.5) is 0 Å². The van der Waals surface area contributed by atoms with E-state index in [1.54, 1.807) is 6.20 Å². The van der Waals surface area contributed by atoms with Crippen LogP contribution in [0.25, 0.3) is 0 Å². The van der Waals surface area contributed by atoms with Gasteiger partial charge in [0.2, 0.25) is 6.79 Å². The summed E-state index contributed by atoms with van der Waals surface area (Å²) in [7, 11) is 0. The van der Waals surface area contributed by atoms with Gasteiger partial charge in [-0.15, -0.1) is 0 Å². The Morgan fingerprint density at radius 1 is 1.21 bits per heavy atom. The van der Waals surface area contributed by atoms with Gasteiger partial charge in [0.1, 0.15) is 0 Å². The van der Waals surface area contributed by atoms with Gasteiger partial charge in [-0.05, 0) is 41.7 Å². The lowest BCUT2D eigenvalue weighted by Crippen LogP contribution is -2.31. The van der Waals surface area contributed by atoms with Crippen LogP contribution in [0.5, 0.6) is 11.5 Å². The van der Waals surface area contributed by atoms with Crippen LogP contribution in [0, 0.1) is 5.92 Å². The summed E-state index contributed by atoms with van der Waals surface area (Å²) in [6.45, 7) is 5.10. The van der Waals surface area contributed by atoms with E-state index in [2.05, 4.69) is 35.0 Å². The molecular weight excluding hydrogens is 304 g/mol. The van der Waals surface area contributed by atoms with Crippen LogP contribution in [-0.4, -0.2) is 41.5 Å². The number of aliphatic hydroxyl groups excluding tert-OH is 1. The van der Waals surface area contributed by atoms with Crippen LogP contribution in [0.2, 0.25) is 0 Å². The van der Waals surface area contributed by atoms with Gasteiger partial charge in [0.15, 0.2) is 11.5 Å². The number of hydrogen-bond donors (Lipinski definition) is 1. The lowest BCUT2D eigenvalue weighted by atomic mass is 10.00. The largest absolute Gasteiger partial charge is 0.454 e. The first-order valence-electron chi connectivity index (χ1n) is 8.35. The molecule has 1 atom stereocenters. The van der Waals surface area contributed by atoms with E-state index >= 15 is 0 Å². The third-order valence-electron chi connectivity index (χ3n) is 4.14. The molecule has 1 aliphatic heterocycles. The van der Waals surface area contributed by atoms with Crippen LogP contribution >= 0.6 is 0 Å². The van der Waals surface area contributed by atoms with Crippen LogP contribution in [-0.2, 0) is 13.0 Å². The van der Waals surface area contributed by atoms with Gasteiger partial charge in [0, 0.05) is 32.0 Å². The average molecular weight is 328 g/mol. The molecule has 24 heavy (non-hydrogen) atoms. The van der Waals surface area contributed by atoms with Gasteiger partial charge in [-0.3, -0.25) is 9.88 Å².